The molecule has 1 heterocycles. The molecular formula is C18H27NO3. The number of benzene rings is 1. The van der Waals surface area contributed by atoms with Gasteiger partial charge < -0.3 is 14.4 Å². The summed E-state index contributed by atoms with van der Waals surface area (Å²) < 4.78 is 11.5. The van der Waals surface area contributed by atoms with Gasteiger partial charge in [-0.15, -0.1) is 0 Å². The van der Waals surface area contributed by atoms with Gasteiger partial charge in [0, 0.05) is 6.54 Å². The summed E-state index contributed by atoms with van der Waals surface area (Å²) in [5.74, 6) is 0.808. The minimum absolute atomic E-state index is 0.0307. The third kappa shape index (κ3) is 4.01. The maximum absolute atomic E-state index is 12.6. The van der Waals surface area contributed by atoms with E-state index in [4.69, 9.17) is 9.47 Å². The largest absolute Gasteiger partial charge is 0.484 e. The summed E-state index contributed by atoms with van der Waals surface area (Å²) in [6, 6.07) is 6.13. The lowest BCUT2D eigenvalue weighted by Crippen LogP contribution is -2.56. The van der Waals surface area contributed by atoms with Gasteiger partial charge in [0.1, 0.15) is 5.75 Å². The van der Waals surface area contributed by atoms with Gasteiger partial charge in [-0.1, -0.05) is 24.6 Å². The van der Waals surface area contributed by atoms with E-state index in [0.29, 0.717) is 13.2 Å². The molecule has 0 aliphatic carbocycles. The van der Waals surface area contributed by atoms with Gasteiger partial charge in [0.25, 0.3) is 5.91 Å². The van der Waals surface area contributed by atoms with E-state index in [-0.39, 0.29) is 24.2 Å². The Morgan fingerprint density at radius 3 is 2.77 bits per heavy atom. The van der Waals surface area contributed by atoms with Crippen LogP contribution in [-0.2, 0) is 9.53 Å². The van der Waals surface area contributed by atoms with Crippen LogP contribution in [0.1, 0.15) is 38.3 Å². The van der Waals surface area contributed by atoms with Crippen molar-refractivity contribution in [1.29, 1.82) is 0 Å². The number of rotatable bonds is 4. The van der Waals surface area contributed by atoms with Crippen molar-refractivity contribution in [3.05, 3.63) is 29.3 Å². The van der Waals surface area contributed by atoms with Gasteiger partial charge in [0.2, 0.25) is 0 Å². The van der Waals surface area contributed by atoms with Gasteiger partial charge in [0.15, 0.2) is 6.61 Å². The fraction of sp³-hybridized carbons (Fsp3) is 0.611. The first-order chi connectivity index (χ1) is 10.3. The summed E-state index contributed by atoms with van der Waals surface area (Å²) in [7, 11) is 0. The van der Waals surface area contributed by atoms with E-state index < -0.39 is 0 Å². The molecule has 1 aliphatic rings. The molecule has 1 aromatic carbocycles. The summed E-state index contributed by atoms with van der Waals surface area (Å²) in [6.07, 6.45) is 0.894. The predicted molar refractivity (Wildman–Crippen MR) is 87.2 cm³/mol. The predicted octanol–water partition coefficient (Wildman–Crippen LogP) is 3.10. The molecule has 4 nitrogen and oxygen atoms in total. The zero-order valence-electron chi connectivity index (χ0n) is 14.3. The SMILES string of the molecule is CC[C@H]1COC(C)(C)CN1C(=O)COc1ccc(C)cc1C. The average Bonchev–Trinajstić information content (AvgIpc) is 2.45. The molecule has 0 aromatic heterocycles. The maximum atomic E-state index is 12.6. The van der Waals surface area contributed by atoms with Crippen molar-refractivity contribution < 1.29 is 14.3 Å². The zero-order valence-corrected chi connectivity index (χ0v) is 14.3. The van der Waals surface area contributed by atoms with E-state index in [1.807, 2.05) is 44.7 Å². The minimum atomic E-state index is -0.291. The molecule has 1 saturated heterocycles. The molecule has 0 radical (unpaired) electrons. The van der Waals surface area contributed by atoms with Crippen LogP contribution in [0.3, 0.4) is 0 Å². The third-order valence-corrected chi connectivity index (χ3v) is 4.13. The van der Waals surface area contributed by atoms with Crippen LogP contribution in [0.25, 0.3) is 0 Å². The van der Waals surface area contributed by atoms with E-state index in [1.54, 1.807) is 0 Å². The second kappa shape index (κ2) is 6.69. The molecule has 4 heteroatoms. The Morgan fingerprint density at radius 1 is 1.41 bits per heavy atom. The van der Waals surface area contributed by atoms with E-state index in [0.717, 1.165) is 17.7 Å². The molecule has 0 bridgehead atoms. The van der Waals surface area contributed by atoms with Crippen LogP contribution in [0, 0.1) is 13.8 Å². The molecule has 0 spiro atoms. The number of ether oxygens (including phenoxy) is 2. The first-order valence-corrected chi connectivity index (χ1v) is 7.96. The molecule has 0 unspecified atom stereocenters. The number of morpholine rings is 1. The molecule has 122 valence electrons. The van der Waals surface area contributed by atoms with Crippen LogP contribution in [0.15, 0.2) is 18.2 Å². The lowest BCUT2D eigenvalue weighted by molar-refractivity contribution is -0.157. The van der Waals surface area contributed by atoms with Gasteiger partial charge in [-0.05, 0) is 45.7 Å². The molecule has 1 amide bonds. The molecule has 0 N–H and O–H groups in total. The molecule has 1 fully saturated rings. The number of nitrogens with zero attached hydrogens (tertiary/aromatic N) is 1. The second-order valence-electron chi connectivity index (χ2n) is 6.71. The highest BCUT2D eigenvalue weighted by Gasteiger charge is 2.35. The van der Waals surface area contributed by atoms with E-state index in [9.17, 15) is 4.79 Å². The molecule has 0 saturated carbocycles. The minimum Gasteiger partial charge on any atom is -0.484 e. The monoisotopic (exact) mass is 305 g/mol. The van der Waals surface area contributed by atoms with Gasteiger partial charge >= 0.3 is 0 Å². The zero-order chi connectivity index (χ0) is 16.3. The van der Waals surface area contributed by atoms with Crippen LogP contribution in [0.5, 0.6) is 5.75 Å². The van der Waals surface area contributed by atoms with Crippen molar-refractivity contribution in [2.75, 3.05) is 19.8 Å². The number of carbonyl (C=O) groups excluding carboxylic acids is 1. The van der Waals surface area contributed by atoms with Gasteiger partial charge in [-0.2, -0.15) is 0 Å². The van der Waals surface area contributed by atoms with Crippen molar-refractivity contribution in [3.63, 3.8) is 0 Å². The summed E-state index contributed by atoms with van der Waals surface area (Å²) in [6.45, 7) is 11.4. The molecular weight excluding hydrogens is 278 g/mol. The lowest BCUT2D eigenvalue weighted by atomic mass is 10.0. The summed E-state index contributed by atoms with van der Waals surface area (Å²) in [5, 5.41) is 0. The van der Waals surface area contributed by atoms with Crippen LogP contribution in [-0.4, -0.2) is 42.2 Å². The quantitative estimate of drug-likeness (QED) is 0.858. The van der Waals surface area contributed by atoms with Crippen molar-refractivity contribution in [2.45, 2.75) is 52.7 Å². The Morgan fingerprint density at radius 2 is 2.14 bits per heavy atom. The van der Waals surface area contributed by atoms with E-state index in [2.05, 4.69) is 13.0 Å². The van der Waals surface area contributed by atoms with Crippen LogP contribution in [0.4, 0.5) is 0 Å². The Hall–Kier alpha value is -1.55. The summed E-state index contributed by atoms with van der Waals surface area (Å²) in [4.78, 5) is 14.5. The number of amides is 1. The third-order valence-electron chi connectivity index (χ3n) is 4.13. The van der Waals surface area contributed by atoms with Crippen molar-refractivity contribution in [1.82, 2.24) is 4.90 Å². The molecule has 1 atom stereocenters. The number of hydrogen-bond donors (Lipinski definition) is 0. The first kappa shape index (κ1) is 16.8. The maximum Gasteiger partial charge on any atom is 0.260 e. The Kier molecular flexibility index (Phi) is 5.12. The second-order valence-corrected chi connectivity index (χ2v) is 6.71. The summed E-state index contributed by atoms with van der Waals surface area (Å²) >= 11 is 0. The first-order valence-electron chi connectivity index (χ1n) is 7.96. The normalized spacial score (nSPS) is 20.8. The fourth-order valence-corrected chi connectivity index (χ4v) is 2.81. The van der Waals surface area contributed by atoms with Crippen molar-refractivity contribution in [3.8, 4) is 5.75 Å². The van der Waals surface area contributed by atoms with Gasteiger partial charge in [0.05, 0.1) is 18.2 Å². The number of aryl methyl sites for hydroxylation is 2. The fourth-order valence-electron chi connectivity index (χ4n) is 2.81. The molecule has 2 rings (SSSR count). The molecule has 1 aromatic rings. The highest BCUT2D eigenvalue weighted by molar-refractivity contribution is 5.78. The van der Waals surface area contributed by atoms with Gasteiger partial charge in [-0.25, -0.2) is 0 Å². The Labute approximate surface area is 133 Å². The van der Waals surface area contributed by atoms with Crippen LogP contribution < -0.4 is 4.74 Å². The highest BCUT2D eigenvalue weighted by atomic mass is 16.5. The molecule has 22 heavy (non-hydrogen) atoms. The smallest absolute Gasteiger partial charge is 0.260 e. The lowest BCUT2D eigenvalue weighted by Gasteiger charge is -2.43. The van der Waals surface area contributed by atoms with Crippen molar-refractivity contribution >= 4 is 5.91 Å². The van der Waals surface area contributed by atoms with Crippen LogP contribution >= 0.6 is 0 Å². The van der Waals surface area contributed by atoms with Crippen molar-refractivity contribution in [2.24, 2.45) is 0 Å². The number of carbonyl (C=O) groups is 1. The van der Waals surface area contributed by atoms with Gasteiger partial charge in [-0.3, -0.25) is 4.79 Å². The topological polar surface area (TPSA) is 38.8 Å². The van der Waals surface area contributed by atoms with E-state index >= 15 is 0 Å². The average molecular weight is 305 g/mol. The Bertz CT molecular complexity index is 539. The van der Waals surface area contributed by atoms with Crippen LogP contribution in [0.2, 0.25) is 0 Å². The Balaban J connectivity index is 2.00. The van der Waals surface area contributed by atoms with E-state index in [1.165, 1.54) is 5.56 Å². The number of hydrogen-bond acceptors (Lipinski definition) is 3. The summed E-state index contributed by atoms with van der Waals surface area (Å²) in [5.41, 5.74) is 1.96. The molecule has 1 aliphatic heterocycles. The highest BCUT2D eigenvalue weighted by Crippen LogP contribution is 2.23. The standard InChI is InChI=1S/C18H27NO3/c1-6-15-10-22-18(4,5)12-19(15)17(20)11-21-16-8-7-13(2)9-14(16)3/h7-9,15H,6,10-12H2,1-5H3/t15-/m0/s1.